The first-order valence-electron chi connectivity index (χ1n) is 8.89. The van der Waals surface area contributed by atoms with Gasteiger partial charge in [0.2, 0.25) is 5.95 Å². The molecule has 30 heavy (non-hydrogen) atoms. The largest absolute Gasteiger partial charge is 0.501 e. The van der Waals surface area contributed by atoms with E-state index < -0.39 is 34.5 Å². The van der Waals surface area contributed by atoms with Crippen LogP contribution in [0.15, 0.2) is 46.2 Å². The molecule has 0 saturated heterocycles. The molecule has 2 N–H and O–H groups in total. The fraction of sp³-hybridized carbons (Fsp3) is 0.250. The second-order valence-corrected chi connectivity index (χ2v) is 6.69. The van der Waals surface area contributed by atoms with E-state index >= 15 is 0 Å². The molecule has 2 aromatic rings. The number of carbonyl (C=O) groups is 1. The van der Waals surface area contributed by atoms with Gasteiger partial charge in [-0.25, -0.2) is 18.0 Å². The number of rotatable bonds is 6. The lowest BCUT2D eigenvalue weighted by atomic mass is 10.0. The molecule has 158 valence electrons. The molecule has 0 aliphatic heterocycles. The summed E-state index contributed by atoms with van der Waals surface area (Å²) in [5, 5.41) is 12.2. The van der Waals surface area contributed by atoms with Crippen molar-refractivity contribution >= 4 is 11.9 Å². The zero-order valence-electron chi connectivity index (χ0n) is 16.1. The lowest BCUT2D eigenvalue weighted by Gasteiger charge is -2.21. The molecule has 1 heterocycles. The molecule has 3 rings (SSSR count). The van der Waals surface area contributed by atoms with Crippen LogP contribution in [-0.4, -0.2) is 27.7 Å². The van der Waals surface area contributed by atoms with Crippen LogP contribution in [0.25, 0.3) is 0 Å². The number of carboxylic acids is 1. The van der Waals surface area contributed by atoms with Crippen molar-refractivity contribution in [3.8, 4) is 0 Å². The van der Waals surface area contributed by atoms with Crippen molar-refractivity contribution in [2.45, 2.75) is 26.3 Å². The van der Waals surface area contributed by atoms with Gasteiger partial charge in [0, 0.05) is 18.3 Å². The molecule has 1 aliphatic rings. The minimum atomic E-state index is -1.61. The first-order valence-corrected chi connectivity index (χ1v) is 8.89. The first-order chi connectivity index (χ1) is 14.2. The number of aromatic carboxylic acids is 1. The fourth-order valence-corrected chi connectivity index (χ4v) is 3.06. The van der Waals surface area contributed by atoms with Gasteiger partial charge in [-0.05, 0) is 42.7 Å². The number of allylic oxidation sites excluding steroid dienone is 4. The van der Waals surface area contributed by atoms with Crippen LogP contribution in [-0.2, 0) is 11.3 Å². The fourth-order valence-electron chi connectivity index (χ4n) is 3.06. The number of carboxylic acid groups (broad SMARTS) is 1. The highest BCUT2D eigenvalue weighted by Gasteiger charge is 2.18. The summed E-state index contributed by atoms with van der Waals surface area (Å²) >= 11 is 0. The van der Waals surface area contributed by atoms with Gasteiger partial charge in [0.15, 0.2) is 17.5 Å². The maximum Gasteiger partial charge on any atom is 0.342 e. The van der Waals surface area contributed by atoms with E-state index in [1.165, 1.54) is 4.57 Å². The van der Waals surface area contributed by atoms with E-state index in [2.05, 4.69) is 10.3 Å². The van der Waals surface area contributed by atoms with Gasteiger partial charge < -0.3 is 19.7 Å². The number of methoxy groups -OCH3 is 1. The Morgan fingerprint density at radius 2 is 1.93 bits per heavy atom. The Kier molecular flexibility index (Phi) is 5.95. The predicted molar refractivity (Wildman–Crippen MR) is 102 cm³/mol. The Morgan fingerprint density at radius 1 is 1.27 bits per heavy atom. The maximum absolute atomic E-state index is 13.6. The van der Waals surface area contributed by atoms with Crippen LogP contribution in [0.2, 0.25) is 0 Å². The summed E-state index contributed by atoms with van der Waals surface area (Å²) in [7, 11) is 1.56. The number of hydrogen-bond donors (Lipinski definition) is 2. The Morgan fingerprint density at radius 3 is 2.50 bits per heavy atom. The number of nitrogens with one attached hydrogen (secondary N) is 1. The third-order valence-electron chi connectivity index (χ3n) is 4.62. The second-order valence-electron chi connectivity index (χ2n) is 6.69. The molecular formula is C20H18F3N3O4. The number of ether oxygens (including phenoxy) is 1. The standard InChI is InChI=1S/C20H18F3N3O4/c1-10-5-12(30-2)3-4-16(10)24-20-25-18(27)13(19(28)29)9-26(20)8-11-6-14(21)17(23)15(22)7-11/h5-7,9H,3-4,8H2,1-2H3,(H,28,29)(H,24,25,27). The molecule has 1 aliphatic carbocycles. The molecule has 10 heteroatoms. The number of anilines is 1. The van der Waals surface area contributed by atoms with Crippen molar-refractivity contribution in [2.24, 2.45) is 0 Å². The number of aromatic nitrogens is 2. The summed E-state index contributed by atoms with van der Waals surface area (Å²) in [4.78, 5) is 27.2. The van der Waals surface area contributed by atoms with E-state index in [1.54, 1.807) is 7.11 Å². The lowest BCUT2D eigenvalue weighted by Crippen LogP contribution is -2.25. The molecule has 0 unspecified atom stereocenters. The van der Waals surface area contributed by atoms with Crippen molar-refractivity contribution in [1.29, 1.82) is 0 Å². The Balaban J connectivity index is 2.05. The summed E-state index contributed by atoms with van der Waals surface area (Å²) < 4.78 is 46.9. The molecule has 0 fully saturated rings. The van der Waals surface area contributed by atoms with Crippen LogP contribution >= 0.6 is 0 Å². The summed E-state index contributed by atoms with van der Waals surface area (Å²) in [5.74, 6) is -5.10. The zero-order valence-corrected chi connectivity index (χ0v) is 16.1. The lowest BCUT2D eigenvalue weighted by molar-refractivity contribution is 0.0694. The second kappa shape index (κ2) is 8.44. The quantitative estimate of drug-likeness (QED) is 0.695. The van der Waals surface area contributed by atoms with Gasteiger partial charge in [0.1, 0.15) is 5.56 Å². The Hall–Kier alpha value is -3.56. The molecule has 0 spiro atoms. The Labute approximate surface area is 169 Å². The number of halogens is 3. The molecule has 0 bridgehead atoms. The van der Waals surface area contributed by atoms with Crippen LogP contribution in [0.4, 0.5) is 19.1 Å². The van der Waals surface area contributed by atoms with E-state index in [-0.39, 0.29) is 18.1 Å². The molecule has 0 atom stereocenters. The molecule has 0 saturated carbocycles. The molecule has 0 radical (unpaired) electrons. The van der Waals surface area contributed by atoms with Crippen molar-refractivity contribution in [3.63, 3.8) is 0 Å². The van der Waals surface area contributed by atoms with Crippen LogP contribution in [0.3, 0.4) is 0 Å². The summed E-state index contributed by atoms with van der Waals surface area (Å²) in [5.41, 5.74) is -0.0253. The number of benzene rings is 1. The zero-order chi connectivity index (χ0) is 22.0. The van der Waals surface area contributed by atoms with E-state index in [0.717, 1.165) is 35.4 Å². The minimum Gasteiger partial charge on any atom is -0.501 e. The summed E-state index contributed by atoms with van der Waals surface area (Å²) in [6.45, 7) is 1.56. The van der Waals surface area contributed by atoms with E-state index in [0.29, 0.717) is 12.8 Å². The third-order valence-corrected chi connectivity index (χ3v) is 4.62. The van der Waals surface area contributed by atoms with Gasteiger partial charge in [0.25, 0.3) is 5.56 Å². The van der Waals surface area contributed by atoms with Crippen molar-refractivity contribution in [1.82, 2.24) is 9.55 Å². The van der Waals surface area contributed by atoms with Gasteiger partial charge in [-0.2, -0.15) is 4.98 Å². The topological polar surface area (TPSA) is 93.4 Å². The van der Waals surface area contributed by atoms with E-state index in [9.17, 15) is 27.9 Å². The highest BCUT2D eigenvalue weighted by molar-refractivity contribution is 5.86. The minimum absolute atomic E-state index is 0.0150. The van der Waals surface area contributed by atoms with Gasteiger partial charge in [-0.3, -0.25) is 4.79 Å². The molecule has 0 amide bonds. The first kappa shape index (κ1) is 21.2. The SMILES string of the molecule is COC1=CC(C)=C(Nc2nc(=O)c(C(=O)O)cn2Cc2cc(F)c(F)c(F)c2)CC1. The summed E-state index contributed by atoms with van der Waals surface area (Å²) in [6, 6.07) is 1.58. The smallest absolute Gasteiger partial charge is 0.342 e. The highest BCUT2D eigenvalue weighted by atomic mass is 19.2. The van der Waals surface area contributed by atoms with Crippen molar-refractivity contribution < 1.29 is 27.8 Å². The van der Waals surface area contributed by atoms with Crippen LogP contribution in [0.5, 0.6) is 0 Å². The average molecular weight is 421 g/mol. The number of nitrogens with zero attached hydrogens (tertiary/aromatic N) is 2. The monoisotopic (exact) mass is 421 g/mol. The van der Waals surface area contributed by atoms with Crippen LogP contribution in [0.1, 0.15) is 35.7 Å². The average Bonchev–Trinajstić information content (AvgIpc) is 2.69. The van der Waals surface area contributed by atoms with E-state index in [1.807, 2.05) is 13.0 Å². The molecule has 1 aromatic carbocycles. The van der Waals surface area contributed by atoms with Crippen LogP contribution in [0, 0.1) is 17.5 Å². The third kappa shape index (κ3) is 4.37. The highest BCUT2D eigenvalue weighted by Crippen LogP contribution is 2.25. The van der Waals surface area contributed by atoms with Gasteiger partial charge in [0.05, 0.1) is 19.4 Å². The van der Waals surface area contributed by atoms with E-state index in [4.69, 9.17) is 4.74 Å². The number of hydrogen-bond acceptors (Lipinski definition) is 5. The van der Waals surface area contributed by atoms with Gasteiger partial charge >= 0.3 is 5.97 Å². The Bertz CT molecular complexity index is 1120. The maximum atomic E-state index is 13.6. The van der Waals surface area contributed by atoms with Crippen molar-refractivity contribution in [3.05, 3.63) is 80.4 Å². The van der Waals surface area contributed by atoms with Crippen molar-refractivity contribution in [2.75, 3.05) is 12.4 Å². The summed E-state index contributed by atoms with van der Waals surface area (Å²) in [6.07, 6.45) is 3.97. The molecule has 1 aromatic heterocycles. The van der Waals surface area contributed by atoms with Gasteiger partial charge in [-0.1, -0.05) is 0 Å². The normalized spacial score (nSPS) is 13.8. The molecule has 7 nitrogen and oxygen atoms in total. The molecular weight excluding hydrogens is 403 g/mol. The van der Waals surface area contributed by atoms with Gasteiger partial charge in [-0.15, -0.1) is 0 Å². The van der Waals surface area contributed by atoms with Crippen LogP contribution < -0.4 is 10.9 Å². The predicted octanol–water partition coefficient (Wildman–Crippen LogP) is 3.42.